The van der Waals surface area contributed by atoms with Crippen molar-refractivity contribution < 1.29 is 9.53 Å². The van der Waals surface area contributed by atoms with Crippen LogP contribution in [0.2, 0.25) is 0 Å². The van der Waals surface area contributed by atoms with E-state index in [9.17, 15) is 4.79 Å². The van der Waals surface area contributed by atoms with Gasteiger partial charge in [-0.3, -0.25) is 4.79 Å². The summed E-state index contributed by atoms with van der Waals surface area (Å²) < 4.78 is 4.78. The summed E-state index contributed by atoms with van der Waals surface area (Å²) in [7, 11) is 1.42. The number of ether oxygens (including phenoxy) is 1. The number of hydrogen-bond acceptors (Lipinski definition) is 3. The summed E-state index contributed by atoms with van der Waals surface area (Å²) in [4.78, 5) is 11.5. The number of esters is 1. The molecule has 1 aromatic carbocycles. The predicted octanol–water partition coefficient (Wildman–Crippen LogP) is 2.91. The molecule has 1 aromatic rings. The van der Waals surface area contributed by atoms with Gasteiger partial charge in [-0.2, -0.15) is 0 Å². The van der Waals surface area contributed by atoms with E-state index in [1.165, 1.54) is 18.2 Å². The normalized spacial score (nSPS) is 11.1. The molecule has 94 valence electrons. The Balaban J connectivity index is 2.74. The molecule has 0 saturated carbocycles. The molecule has 0 fully saturated rings. The Morgan fingerprint density at radius 1 is 1.35 bits per heavy atom. The minimum atomic E-state index is -0.523. The van der Waals surface area contributed by atoms with Gasteiger partial charge in [0.15, 0.2) is 0 Å². The van der Waals surface area contributed by atoms with Crippen LogP contribution in [0.4, 0.5) is 5.69 Å². The molecule has 3 nitrogen and oxygen atoms in total. The maximum Gasteiger partial charge on any atom is 0.313 e. The van der Waals surface area contributed by atoms with E-state index in [2.05, 4.69) is 25.2 Å². The van der Waals surface area contributed by atoms with E-state index < -0.39 is 5.41 Å². The molecule has 0 atom stereocenters. The summed E-state index contributed by atoms with van der Waals surface area (Å²) >= 11 is 0. The molecule has 3 heteroatoms. The smallest absolute Gasteiger partial charge is 0.313 e. The first-order valence-corrected chi connectivity index (χ1v) is 5.77. The zero-order valence-electron chi connectivity index (χ0n) is 11.3. The van der Waals surface area contributed by atoms with Crippen molar-refractivity contribution in [1.29, 1.82) is 0 Å². The van der Waals surface area contributed by atoms with Gasteiger partial charge in [-0.15, -0.1) is 0 Å². The Hall–Kier alpha value is -1.51. The highest BCUT2D eigenvalue weighted by Crippen LogP contribution is 2.22. The van der Waals surface area contributed by atoms with Crippen molar-refractivity contribution in [2.75, 3.05) is 19.0 Å². The van der Waals surface area contributed by atoms with Crippen LogP contribution >= 0.6 is 0 Å². The number of hydrogen-bond donors (Lipinski definition) is 1. The van der Waals surface area contributed by atoms with Gasteiger partial charge in [-0.1, -0.05) is 12.1 Å². The maximum atomic E-state index is 11.5. The second-order valence-electron chi connectivity index (χ2n) is 4.98. The van der Waals surface area contributed by atoms with Crippen molar-refractivity contribution in [3.8, 4) is 0 Å². The van der Waals surface area contributed by atoms with Crippen LogP contribution in [0.15, 0.2) is 18.2 Å². The molecular weight excluding hydrogens is 214 g/mol. The second-order valence-corrected chi connectivity index (χ2v) is 4.98. The second kappa shape index (κ2) is 5.21. The lowest BCUT2D eigenvalue weighted by atomic mass is 9.93. The SMILES string of the molecule is COC(=O)C(C)(C)CNc1cccc(C)c1C. The Labute approximate surface area is 103 Å². The Morgan fingerprint density at radius 3 is 2.59 bits per heavy atom. The lowest BCUT2D eigenvalue weighted by Crippen LogP contribution is -2.33. The molecule has 0 heterocycles. The summed E-state index contributed by atoms with van der Waals surface area (Å²) in [5, 5.41) is 3.31. The van der Waals surface area contributed by atoms with Crippen LogP contribution in [-0.2, 0) is 9.53 Å². The zero-order chi connectivity index (χ0) is 13.1. The Bertz CT molecular complexity index is 411. The van der Waals surface area contributed by atoms with Crippen LogP contribution in [0.5, 0.6) is 0 Å². The largest absolute Gasteiger partial charge is 0.469 e. The van der Waals surface area contributed by atoms with Crippen molar-refractivity contribution in [2.45, 2.75) is 27.7 Å². The molecule has 0 aromatic heterocycles. The average Bonchev–Trinajstić information content (AvgIpc) is 2.30. The molecule has 1 N–H and O–H groups in total. The van der Waals surface area contributed by atoms with E-state index in [1.807, 2.05) is 26.0 Å². The summed E-state index contributed by atoms with van der Waals surface area (Å²) in [5.41, 5.74) is 3.01. The van der Waals surface area contributed by atoms with E-state index in [-0.39, 0.29) is 5.97 Å². The van der Waals surface area contributed by atoms with Gasteiger partial charge in [0.25, 0.3) is 0 Å². The zero-order valence-corrected chi connectivity index (χ0v) is 11.3. The molecule has 0 aliphatic rings. The fraction of sp³-hybridized carbons (Fsp3) is 0.500. The average molecular weight is 235 g/mol. The fourth-order valence-electron chi connectivity index (χ4n) is 1.61. The number of carbonyl (C=O) groups excluding carboxylic acids is 1. The molecule has 0 aliphatic carbocycles. The van der Waals surface area contributed by atoms with Gasteiger partial charge in [0.1, 0.15) is 0 Å². The number of nitrogens with one attached hydrogen (secondary N) is 1. The van der Waals surface area contributed by atoms with Gasteiger partial charge in [-0.05, 0) is 44.9 Å². The fourth-order valence-corrected chi connectivity index (χ4v) is 1.61. The molecule has 0 amide bonds. The summed E-state index contributed by atoms with van der Waals surface area (Å²) in [6.07, 6.45) is 0. The van der Waals surface area contributed by atoms with Crippen LogP contribution < -0.4 is 5.32 Å². The molecule has 0 bridgehead atoms. The van der Waals surface area contributed by atoms with Gasteiger partial charge < -0.3 is 10.1 Å². The first kappa shape index (κ1) is 13.6. The third kappa shape index (κ3) is 3.22. The topological polar surface area (TPSA) is 38.3 Å². The minimum absolute atomic E-state index is 0.199. The molecule has 1 rings (SSSR count). The lowest BCUT2D eigenvalue weighted by Gasteiger charge is -2.23. The van der Waals surface area contributed by atoms with E-state index >= 15 is 0 Å². The van der Waals surface area contributed by atoms with Crippen molar-refractivity contribution in [1.82, 2.24) is 0 Å². The number of aryl methyl sites for hydroxylation is 1. The van der Waals surface area contributed by atoms with Crippen molar-refractivity contribution in [3.63, 3.8) is 0 Å². The molecular formula is C14H21NO2. The molecule has 0 aliphatic heterocycles. The number of benzene rings is 1. The number of methoxy groups -OCH3 is 1. The van der Waals surface area contributed by atoms with Crippen molar-refractivity contribution >= 4 is 11.7 Å². The summed E-state index contributed by atoms with van der Waals surface area (Å²) in [6, 6.07) is 6.11. The van der Waals surface area contributed by atoms with Crippen LogP contribution in [0.25, 0.3) is 0 Å². The van der Waals surface area contributed by atoms with Crippen LogP contribution in [0, 0.1) is 19.3 Å². The summed E-state index contributed by atoms with van der Waals surface area (Å²) in [6.45, 7) is 8.45. The highest BCUT2D eigenvalue weighted by Gasteiger charge is 2.28. The van der Waals surface area contributed by atoms with E-state index in [1.54, 1.807) is 0 Å². The number of carbonyl (C=O) groups is 1. The van der Waals surface area contributed by atoms with E-state index in [0.29, 0.717) is 6.54 Å². The van der Waals surface area contributed by atoms with Crippen LogP contribution in [0.1, 0.15) is 25.0 Å². The third-order valence-corrected chi connectivity index (χ3v) is 3.06. The van der Waals surface area contributed by atoms with Gasteiger partial charge in [-0.25, -0.2) is 0 Å². The third-order valence-electron chi connectivity index (χ3n) is 3.06. The quantitative estimate of drug-likeness (QED) is 0.815. The van der Waals surface area contributed by atoms with Crippen LogP contribution in [-0.4, -0.2) is 19.6 Å². The summed E-state index contributed by atoms with van der Waals surface area (Å²) in [5.74, 6) is -0.199. The van der Waals surface area contributed by atoms with Gasteiger partial charge in [0.05, 0.1) is 12.5 Å². The molecule has 0 radical (unpaired) electrons. The highest BCUT2D eigenvalue weighted by atomic mass is 16.5. The molecule has 0 saturated heterocycles. The maximum absolute atomic E-state index is 11.5. The first-order chi connectivity index (χ1) is 7.88. The minimum Gasteiger partial charge on any atom is -0.469 e. The predicted molar refractivity (Wildman–Crippen MR) is 70.2 cm³/mol. The number of rotatable bonds is 4. The molecule has 0 spiro atoms. The van der Waals surface area contributed by atoms with E-state index in [0.717, 1.165) is 5.69 Å². The monoisotopic (exact) mass is 235 g/mol. The standard InChI is InChI=1S/C14H21NO2/c1-10-7-6-8-12(11(10)2)15-9-14(3,4)13(16)17-5/h6-8,15H,9H2,1-5H3. The first-order valence-electron chi connectivity index (χ1n) is 5.77. The molecule has 17 heavy (non-hydrogen) atoms. The lowest BCUT2D eigenvalue weighted by molar-refractivity contribution is -0.149. The van der Waals surface area contributed by atoms with E-state index in [4.69, 9.17) is 4.74 Å². The van der Waals surface area contributed by atoms with Crippen molar-refractivity contribution in [2.24, 2.45) is 5.41 Å². The molecule has 0 unspecified atom stereocenters. The van der Waals surface area contributed by atoms with Crippen molar-refractivity contribution in [3.05, 3.63) is 29.3 Å². The highest BCUT2D eigenvalue weighted by molar-refractivity contribution is 5.76. The number of anilines is 1. The van der Waals surface area contributed by atoms with Crippen LogP contribution in [0.3, 0.4) is 0 Å². The van der Waals surface area contributed by atoms with Gasteiger partial charge in [0, 0.05) is 12.2 Å². The Kier molecular flexibility index (Phi) is 4.16. The Morgan fingerprint density at radius 2 is 2.00 bits per heavy atom. The van der Waals surface area contributed by atoms with Gasteiger partial charge in [0.2, 0.25) is 0 Å². The van der Waals surface area contributed by atoms with Gasteiger partial charge >= 0.3 is 5.97 Å².